The fourth-order valence-electron chi connectivity index (χ4n) is 5.12. The van der Waals surface area contributed by atoms with Crippen molar-refractivity contribution in [1.29, 1.82) is 0 Å². The van der Waals surface area contributed by atoms with Gasteiger partial charge in [0.25, 0.3) is 0 Å². The minimum atomic E-state index is -1.58. The van der Waals surface area contributed by atoms with Gasteiger partial charge in [-0.2, -0.15) is 0 Å². The number of carbonyl (C=O) groups excluding carboxylic acids is 3. The van der Waals surface area contributed by atoms with Crippen LogP contribution in [0.4, 0.5) is 0 Å². The number of rotatable bonds is 8. The van der Waals surface area contributed by atoms with Gasteiger partial charge in [-0.1, -0.05) is 33.3 Å². The highest BCUT2D eigenvalue weighted by molar-refractivity contribution is 6.08. The third kappa shape index (κ3) is 3.33. The minimum Gasteiger partial charge on any atom is -0.544 e. The smallest absolute Gasteiger partial charge is 0.240 e. The number of carboxylic acid groups (broad SMARTS) is 1. The number of likely N-dealkylation sites (tertiary alicyclic amines) is 1. The first-order valence-electron chi connectivity index (χ1n) is 10.5. The van der Waals surface area contributed by atoms with Crippen molar-refractivity contribution in [1.82, 2.24) is 4.90 Å². The molecular formula is C22H30N2O6. The molecule has 0 unspecified atom stereocenters. The molecule has 0 saturated carbocycles. The van der Waals surface area contributed by atoms with Crippen molar-refractivity contribution in [3.05, 3.63) is 23.8 Å². The molecule has 0 aliphatic carbocycles. The maximum Gasteiger partial charge on any atom is 0.240 e. The van der Waals surface area contributed by atoms with Crippen molar-refractivity contribution in [3.63, 3.8) is 0 Å². The number of phenols is 1. The molecule has 2 saturated heterocycles. The number of unbranched alkanes of at least 4 members (excludes halogenated alkanes) is 1. The molecule has 2 aliphatic heterocycles. The highest BCUT2D eigenvalue weighted by Gasteiger charge is 2.69. The Morgan fingerprint density at radius 3 is 2.60 bits per heavy atom. The molecule has 3 N–H and O–H groups in total. The standard InChI is InChI=1S/C22H30N2O6/c1-5-6-10-24-19(26)15-16(20(24)27)22(21(28)29,11-12(2)3)23-17(15)13-8-7-9-14(30-4)18(13)25/h7-9,12,15-17,23,25H,5-6,10-11H2,1-4H3,(H,28,29)/t15-,16-,17-,22+/m0/s1. The summed E-state index contributed by atoms with van der Waals surface area (Å²) in [5.41, 5.74) is -1.19. The molecule has 1 aromatic carbocycles. The molecule has 2 amide bonds. The van der Waals surface area contributed by atoms with Gasteiger partial charge in [0, 0.05) is 13.0 Å². The molecule has 1 aromatic rings. The molecule has 8 heteroatoms. The van der Waals surface area contributed by atoms with Crippen LogP contribution in [-0.2, 0) is 14.4 Å². The normalized spacial score (nSPS) is 28.3. The van der Waals surface area contributed by atoms with E-state index >= 15 is 0 Å². The summed E-state index contributed by atoms with van der Waals surface area (Å²) in [6.07, 6.45) is 1.63. The average molecular weight is 418 g/mol. The second-order valence-electron chi connectivity index (χ2n) is 8.70. The number of aromatic hydroxyl groups is 1. The first-order chi connectivity index (χ1) is 14.2. The molecular weight excluding hydrogens is 388 g/mol. The number of carboxylic acids is 1. The number of carbonyl (C=O) groups is 3. The van der Waals surface area contributed by atoms with Crippen LogP contribution < -0.4 is 15.2 Å². The van der Waals surface area contributed by atoms with Crippen molar-refractivity contribution in [2.75, 3.05) is 13.7 Å². The van der Waals surface area contributed by atoms with E-state index in [-0.39, 0.29) is 36.3 Å². The lowest BCUT2D eigenvalue weighted by Gasteiger charge is -2.34. The number of methoxy groups -OCH3 is 1. The highest BCUT2D eigenvalue weighted by Crippen LogP contribution is 2.48. The molecule has 0 bridgehead atoms. The number of benzene rings is 1. The fourth-order valence-corrected chi connectivity index (χ4v) is 5.12. The van der Waals surface area contributed by atoms with Gasteiger partial charge in [0.05, 0.1) is 12.7 Å². The quantitative estimate of drug-likeness (QED) is 0.571. The molecule has 4 atom stereocenters. The summed E-state index contributed by atoms with van der Waals surface area (Å²) < 4.78 is 5.19. The van der Waals surface area contributed by atoms with Gasteiger partial charge in [-0.15, -0.1) is 0 Å². The van der Waals surface area contributed by atoms with Crippen molar-refractivity contribution in [2.24, 2.45) is 17.8 Å². The summed E-state index contributed by atoms with van der Waals surface area (Å²) >= 11 is 0. The number of fused-ring (bicyclic) bond motifs is 1. The maximum absolute atomic E-state index is 13.3. The van der Waals surface area contributed by atoms with E-state index < -0.39 is 35.3 Å². The molecule has 0 spiro atoms. The van der Waals surface area contributed by atoms with E-state index in [1.54, 1.807) is 23.5 Å². The predicted molar refractivity (Wildman–Crippen MR) is 105 cm³/mol. The molecule has 3 rings (SSSR count). The number of hydrogen-bond acceptors (Lipinski definition) is 6. The summed E-state index contributed by atoms with van der Waals surface area (Å²) in [5.74, 6) is -4.07. The first-order valence-corrected chi connectivity index (χ1v) is 10.5. The number of aliphatic carboxylic acids is 1. The van der Waals surface area contributed by atoms with Crippen molar-refractivity contribution >= 4 is 17.8 Å². The summed E-state index contributed by atoms with van der Waals surface area (Å²) in [4.78, 5) is 40.3. The summed E-state index contributed by atoms with van der Waals surface area (Å²) in [6.45, 7) is 5.98. The van der Waals surface area contributed by atoms with Gasteiger partial charge in [-0.25, -0.2) is 0 Å². The van der Waals surface area contributed by atoms with Crippen molar-refractivity contribution in [3.8, 4) is 11.5 Å². The van der Waals surface area contributed by atoms with Crippen molar-refractivity contribution in [2.45, 2.75) is 51.6 Å². The second kappa shape index (κ2) is 8.26. The van der Waals surface area contributed by atoms with Gasteiger partial charge in [0.2, 0.25) is 11.8 Å². The lowest BCUT2D eigenvalue weighted by atomic mass is 9.75. The number of para-hydroxylation sites is 1. The SMILES string of the molecule is CCCCN1C(=O)[C@H]2[C@@H](C1=O)[C@](CC(C)C)(C(=O)[O-])[NH2+][C@H]2c1cccc(OC)c1O. The van der Waals surface area contributed by atoms with E-state index in [9.17, 15) is 24.6 Å². The lowest BCUT2D eigenvalue weighted by Crippen LogP contribution is -2.99. The van der Waals surface area contributed by atoms with E-state index in [2.05, 4.69) is 0 Å². The Balaban J connectivity index is 2.15. The van der Waals surface area contributed by atoms with Crippen molar-refractivity contribution < 1.29 is 34.7 Å². The third-order valence-corrected chi connectivity index (χ3v) is 6.33. The van der Waals surface area contributed by atoms with Gasteiger partial charge in [-0.3, -0.25) is 14.5 Å². The number of nitrogens with zero attached hydrogens (tertiary/aromatic N) is 1. The number of phenolic OH excluding ortho intramolecular Hbond substituents is 1. The minimum absolute atomic E-state index is 0.0370. The summed E-state index contributed by atoms with van der Waals surface area (Å²) in [6, 6.07) is 4.17. The Morgan fingerprint density at radius 1 is 1.33 bits per heavy atom. The van der Waals surface area contributed by atoms with E-state index in [0.717, 1.165) is 6.42 Å². The number of nitrogens with two attached hydrogens (primary N) is 1. The fraction of sp³-hybridized carbons (Fsp3) is 0.591. The topological polar surface area (TPSA) is 124 Å². The number of ether oxygens (including phenoxy) is 1. The van der Waals surface area contributed by atoms with Crippen LogP contribution in [0.3, 0.4) is 0 Å². The lowest BCUT2D eigenvalue weighted by molar-refractivity contribution is -0.740. The molecule has 2 heterocycles. The largest absolute Gasteiger partial charge is 0.544 e. The monoisotopic (exact) mass is 418 g/mol. The zero-order valence-electron chi connectivity index (χ0n) is 17.9. The van der Waals surface area contributed by atoms with Crippen LogP contribution in [0, 0.1) is 17.8 Å². The van der Waals surface area contributed by atoms with Crippen LogP contribution in [0.1, 0.15) is 51.6 Å². The number of imide groups is 1. The van der Waals surface area contributed by atoms with E-state index in [0.29, 0.717) is 12.0 Å². The maximum atomic E-state index is 13.3. The van der Waals surface area contributed by atoms with Gasteiger partial charge >= 0.3 is 0 Å². The molecule has 2 aliphatic rings. The number of hydrogen-bond donors (Lipinski definition) is 2. The van der Waals surface area contributed by atoms with Gasteiger partial charge in [-0.05, 0) is 24.5 Å². The van der Waals surface area contributed by atoms with Crippen LogP contribution in [0.15, 0.2) is 18.2 Å². The summed E-state index contributed by atoms with van der Waals surface area (Å²) in [5, 5.41) is 24.7. The Labute approximate surface area is 176 Å². The summed E-state index contributed by atoms with van der Waals surface area (Å²) in [7, 11) is 1.42. The Bertz CT molecular complexity index is 854. The molecule has 164 valence electrons. The molecule has 30 heavy (non-hydrogen) atoms. The Morgan fingerprint density at radius 2 is 2.03 bits per heavy atom. The molecule has 8 nitrogen and oxygen atoms in total. The Kier molecular flexibility index (Phi) is 6.08. The molecule has 2 fully saturated rings. The average Bonchev–Trinajstić information content (AvgIpc) is 3.15. The zero-order valence-corrected chi connectivity index (χ0v) is 17.9. The van der Waals surface area contributed by atoms with E-state index in [1.165, 1.54) is 12.0 Å². The van der Waals surface area contributed by atoms with Crippen LogP contribution >= 0.6 is 0 Å². The van der Waals surface area contributed by atoms with Crippen LogP contribution in [-0.4, -0.2) is 47.0 Å². The van der Waals surface area contributed by atoms with E-state index in [4.69, 9.17) is 4.74 Å². The van der Waals surface area contributed by atoms with Crippen LogP contribution in [0.2, 0.25) is 0 Å². The molecule has 0 radical (unpaired) electrons. The number of amides is 2. The predicted octanol–water partition coefficient (Wildman–Crippen LogP) is -0.0450. The highest BCUT2D eigenvalue weighted by atomic mass is 16.5. The van der Waals surface area contributed by atoms with Gasteiger partial charge in [0.1, 0.15) is 29.4 Å². The zero-order chi connectivity index (χ0) is 22.2. The van der Waals surface area contributed by atoms with Crippen LogP contribution in [0.5, 0.6) is 11.5 Å². The third-order valence-electron chi connectivity index (χ3n) is 6.33. The second-order valence-corrected chi connectivity index (χ2v) is 8.70. The van der Waals surface area contributed by atoms with E-state index in [1.807, 2.05) is 20.8 Å². The van der Waals surface area contributed by atoms with Gasteiger partial charge in [0.15, 0.2) is 11.5 Å². The molecule has 0 aromatic heterocycles. The number of quaternary nitrogens is 1. The van der Waals surface area contributed by atoms with Crippen LogP contribution in [0.25, 0.3) is 0 Å². The Hall–Kier alpha value is -2.61. The first kappa shape index (κ1) is 22.1. The van der Waals surface area contributed by atoms with Gasteiger partial charge < -0.3 is 25.1 Å².